The number of benzene rings is 2. The number of amides is 1. The van der Waals surface area contributed by atoms with Crippen molar-refractivity contribution in [1.82, 2.24) is 4.90 Å². The summed E-state index contributed by atoms with van der Waals surface area (Å²) in [7, 11) is 0. The molecule has 0 radical (unpaired) electrons. The number of likely N-dealkylation sites (tertiary alicyclic amines) is 1. The lowest BCUT2D eigenvalue weighted by Crippen LogP contribution is -2.48. The first-order valence-electron chi connectivity index (χ1n) is 8.59. The van der Waals surface area contributed by atoms with Gasteiger partial charge in [-0.25, -0.2) is 4.39 Å². The van der Waals surface area contributed by atoms with Crippen molar-refractivity contribution in [3.8, 4) is 11.5 Å². The van der Waals surface area contributed by atoms with Gasteiger partial charge in [-0.1, -0.05) is 30.3 Å². The normalized spacial score (nSPS) is 17.7. The van der Waals surface area contributed by atoms with E-state index >= 15 is 0 Å². The molecule has 0 aromatic heterocycles. The molecule has 1 aliphatic rings. The molecule has 2 aromatic carbocycles. The molecule has 1 aliphatic heterocycles. The second kappa shape index (κ2) is 6.96. The molecule has 0 bridgehead atoms. The molecule has 3 rings (SSSR count). The number of halogens is 1. The van der Waals surface area contributed by atoms with Crippen molar-refractivity contribution in [2.75, 3.05) is 13.1 Å². The van der Waals surface area contributed by atoms with E-state index in [4.69, 9.17) is 0 Å². The van der Waals surface area contributed by atoms with Crippen molar-refractivity contribution >= 4 is 5.91 Å². The van der Waals surface area contributed by atoms with Crippen LogP contribution in [0.2, 0.25) is 0 Å². The van der Waals surface area contributed by atoms with Crippen LogP contribution in [-0.2, 0) is 10.4 Å². The third-order valence-corrected chi connectivity index (χ3v) is 5.07. The summed E-state index contributed by atoms with van der Waals surface area (Å²) in [5.74, 6) is -2.00. The molecule has 0 unspecified atom stereocenters. The number of phenolic OH excluding ortho intramolecular Hbond substituents is 2. The van der Waals surface area contributed by atoms with Gasteiger partial charge in [-0.3, -0.25) is 4.79 Å². The highest BCUT2D eigenvalue weighted by Gasteiger charge is 2.38. The summed E-state index contributed by atoms with van der Waals surface area (Å²) in [6.07, 6.45) is 1.07. The fourth-order valence-corrected chi connectivity index (χ4v) is 3.48. The molecular weight excluding hydrogens is 337 g/mol. The predicted molar refractivity (Wildman–Crippen MR) is 94.3 cm³/mol. The molecule has 5 nitrogen and oxygen atoms in total. The first-order chi connectivity index (χ1) is 12.3. The lowest BCUT2D eigenvalue weighted by molar-refractivity contribution is -0.151. The monoisotopic (exact) mass is 359 g/mol. The van der Waals surface area contributed by atoms with Gasteiger partial charge in [-0.2, -0.15) is 0 Å². The van der Waals surface area contributed by atoms with Gasteiger partial charge in [0.25, 0.3) is 5.91 Å². The summed E-state index contributed by atoms with van der Waals surface area (Å²) in [5.41, 5.74) is -0.645. The van der Waals surface area contributed by atoms with Gasteiger partial charge >= 0.3 is 0 Å². The molecule has 1 saturated heterocycles. The van der Waals surface area contributed by atoms with Crippen LogP contribution in [0.1, 0.15) is 36.8 Å². The van der Waals surface area contributed by atoms with E-state index in [0.29, 0.717) is 37.1 Å². The number of aromatic hydroxyl groups is 2. The highest BCUT2D eigenvalue weighted by atomic mass is 19.1. The van der Waals surface area contributed by atoms with Gasteiger partial charge in [0.1, 0.15) is 5.75 Å². The van der Waals surface area contributed by atoms with Gasteiger partial charge in [-0.05, 0) is 37.3 Å². The average molecular weight is 359 g/mol. The molecule has 0 aliphatic carbocycles. The van der Waals surface area contributed by atoms with Gasteiger partial charge in [0, 0.05) is 24.7 Å². The van der Waals surface area contributed by atoms with Crippen molar-refractivity contribution in [2.45, 2.75) is 31.3 Å². The number of phenols is 2. The SMILES string of the molecule is C[C@@](O)(C(=O)N1CCC(c2cc(F)c(O)cc2O)CC1)c1ccccc1. The second-order valence-corrected chi connectivity index (χ2v) is 6.87. The van der Waals surface area contributed by atoms with Crippen LogP contribution >= 0.6 is 0 Å². The molecule has 1 amide bonds. The Morgan fingerprint density at radius 1 is 1.12 bits per heavy atom. The van der Waals surface area contributed by atoms with E-state index in [-0.39, 0.29) is 17.6 Å². The van der Waals surface area contributed by atoms with E-state index in [1.54, 1.807) is 29.2 Å². The van der Waals surface area contributed by atoms with Crippen LogP contribution < -0.4 is 0 Å². The molecule has 1 heterocycles. The topological polar surface area (TPSA) is 81.0 Å². The van der Waals surface area contributed by atoms with E-state index < -0.39 is 17.2 Å². The Balaban J connectivity index is 1.71. The summed E-state index contributed by atoms with van der Waals surface area (Å²) in [6.45, 7) is 2.28. The number of hydrogen-bond acceptors (Lipinski definition) is 4. The van der Waals surface area contributed by atoms with Crippen LogP contribution in [0.4, 0.5) is 4.39 Å². The van der Waals surface area contributed by atoms with Gasteiger partial charge in [-0.15, -0.1) is 0 Å². The number of piperidine rings is 1. The molecule has 0 saturated carbocycles. The number of aliphatic hydroxyl groups is 1. The van der Waals surface area contributed by atoms with Crippen LogP contribution in [0, 0.1) is 5.82 Å². The van der Waals surface area contributed by atoms with Gasteiger partial charge in [0.2, 0.25) is 0 Å². The van der Waals surface area contributed by atoms with Crippen LogP contribution in [0.3, 0.4) is 0 Å². The van der Waals surface area contributed by atoms with Gasteiger partial charge < -0.3 is 20.2 Å². The largest absolute Gasteiger partial charge is 0.508 e. The minimum Gasteiger partial charge on any atom is -0.508 e. The van der Waals surface area contributed by atoms with Crippen LogP contribution in [0.25, 0.3) is 0 Å². The highest BCUT2D eigenvalue weighted by molar-refractivity contribution is 5.86. The molecule has 3 N–H and O–H groups in total. The minimum absolute atomic E-state index is 0.115. The average Bonchev–Trinajstić information content (AvgIpc) is 2.65. The Kier molecular flexibility index (Phi) is 4.87. The molecule has 2 aromatic rings. The maximum Gasteiger partial charge on any atom is 0.258 e. The van der Waals surface area contributed by atoms with E-state index in [1.165, 1.54) is 6.92 Å². The zero-order valence-electron chi connectivity index (χ0n) is 14.5. The Bertz CT molecular complexity index is 799. The van der Waals surface area contributed by atoms with Crippen molar-refractivity contribution in [3.63, 3.8) is 0 Å². The standard InChI is InChI=1S/C20H22FNO4/c1-20(26,14-5-3-2-4-6-14)19(25)22-9-7-13(8-10-22)15-11-16(21)18(24)12-17(15)23/h2-6,11-13,23-24,26H,7-10H2,1H3/t20-/m0/s1. The third kappa shape index (κ3) is 3.37. The molecule has 138 valence electrons. The lowest BCUT2D eigenvalue weighted by Gasteiger charge is -2.36. The number of hydrogen-bond donors (Lipinski definition) is 3. The van der Waals surface area contributed by atoms with Crippen molar-refractivity contribution < 1.29 is 24.5 Å². The molecule has 0 spiro atoms. The molecule has 1 fully saturated rings. The van der Waals surface area contributed by atoms with Crippen LogP contribution in [0.15, 0.2) is 42.5 Å². The first-order valence-corrected chi connectivity index (χ1v) is 8.59. The van der Waals surface area contributed by atoms with Gasteiger partial charge in [0.05, 0.1) is 0 Å². The number of carbonyl (C=O) groups is 1. The highest BCUT2D eigenvalue weighted by Crippen LogP contribution is 2.37. The molecule has 26 heavy (non-hydrogen) atoms. The first kappa shape index (κ1) is 18.2. The fourth-order valence-electron chi connectivity index (χ4n) is 3.48. The Hall–Kier alpha value is -2.60. The molecule has 1 atom stereocenters. The van der Waals surface area contributed by atoms with E-state index in [2.05, 4.69) is 0 Å². The Labute approximate surface area is 151 Å². The summed E-state index contributed by atoms with van der Waals surface area (Å²) >= 11 is 0. The van der Waals surface area contributed by atoms with E-state index in [9.17, 15) is 24.5 Å². The summed E-state index contributed by atoms with van der Waals surface area (Å²) in [6, 6.07) is 10.9. The smallest absolute Gasteiger partial charge is 0.258 e. The quantitative estimate of drug-likeness (QED) is 0.787. The third-order valence-electron chi connectivity index (χ3n) is 5.07. The van der Waals surface area contributed by atoms with Crippen molar-refractivity contribution in [2.24, 2.45) is 0 Å². The maximum atomic E-state index is 13.6. The fraction of sp³-hybridized carbons (Fsp3) is 0.350. The minimum atomic E-state index is -1.61. The molecular formula is C20H22FNO4. The van der Waals surface area contributed by atoms with Gasteiger partial charge in [0.15, 0.2) is 17.2 Å². The summed E-state index contributed by atoms with van der Waals surface area (Å²) < 4.78 is 13.6. The summed E-state index contributed by atoms with van der Waals surface area (Å²) in [5, 5.41) is 30.0. The van der Waals surface area contributed by atoms with Crippen LogP contribution in [-0.4, -0.2) is 39.2 Å². The zero-order chi connectivity index (χ0) is 18.9. The number of nitrogens with zero attached hydrogens (tertiary/aromatic N) is 1. The van der Waals surface area contributed by atoms with Crippen molar-refractivity contribution in [1.29, 1.82) is 0 Å². The maximum absolute atomic E-state index is 13.6. The lowest BCUT2D eigenvalue weighted by atomic mass is 9.87. The van der Waals surface area contributed by atoms with Crippen LogP contribution in [0.5, 0.6) is 11.5 Å². The predicted octanol–water partition coefficient (Wildman–Crippen LogP) is 2.85. The van der Waals surface area contributed by atoms with E-state index in [0.717, 1.165) is 12.1 Å². The molecule has 6 heteroatoms. The van der Waals surface area contributed by atoms with E-state index in [1.807, 2.05) is 6.07 Å². The zero-order valence-corrected chi connectivity index (χ0v) is 14.5. The second-order valence-electron chi connectivity index (χ2n) is 6.87. The van der Waals surface area contributed by atoms with Crippen molar-refractivity contribution in [3.05, 3.63) is 59.4 Å². The Morgan fingerprint density at radius 2 is 1.73 bits per heavy atom. The number of carbonyl (C=O) groups excluding carboxylic acids is 1. The summed E-state index contributed by atoms with van der Waals surface area (Å²) in [4.78, 5) is 14.4. The number of rotatable bonds is 3. The Morgan fingerprint density at radius 3 is 2.35 bits per heavy atom.